The van der Waals surface area contributed by atoms with Crippen LogP contribution in [-0.2, 0) is 0 Å². The van der Waals surface area contributed by atoms with Gasteiger partial charge in [-0.05, 0) is 30.5 Å². The Hall–Kier alpha value is -0.280. The summed E-state index contributed by atoms with van der Waals surface area (Å²) in [5.41, 5.74) is 0. The largest absolute Gasteiger partial charge is 0.226 e. The van der Waals surface area contributed by atoms with Gasteiger partial charge in [0.1, 0.15) is 5.03 Å². The van der Waals surface area contributed by atoms with E-state index in [1.807, 2.05) is 17.8 Å². The highest BCUT2D eigenvalue weighted by Crippen LogP contribution is 2.33. The van der Waals surface area contributed by atoms with Gasteiger partial charge in [0.2, 0.25) is 5.28 Å². The number of thioether (sulfide) groups is 1. The zero-order valence-electron chi connectivity index (χ0n) is 7.24. The average molecular weight is 215 g/mol. The van der Waals surface area contributed by atoms with Crippen molar-refractivity contribution in [2.75, 3.05) is 0 Å². The molecule has 0 saturated heterocycles. The van der Waals surface area contributed by atoms with Crippen LogP contribution in [-0.4, -0.2) is 15.2 Å². The lowest BCUT2D eigenvalue weighted by atomic mass is 10.4. The standard InChI is InChI=1S/C9H11ClN2S/c10-9-11-6-5-8(12-9)13-7-3-1-2-4-7/h5-7H,1-4H2. The van der Waals surface area contributed by atoms with Gasteiger partial charge in [-0.25, -0.2) is 9.97 Å². The van der Waals surface area contributed by atoms with Gasteiger partial charge < -0.3 is 0 Å². The Morgan fingerprint density at radius 2 is 2.15 bits per heavy atom. The molecule has 1 heterocycles. The van der Waals surface area contributed by atoms with E-state index >= 15 is 0 Å². The smallest absolute Gasteiger partial charge is 0.223 e. The fraction of sp³-hybridized carbons (Fsp3) is 0.556. The normalized spacial score (nSPS) is 17.9. The van der Waals surface area contributed by atoms with Crippen molar-refractivity contribution in [3.63, 3.8) is 0 Å². The Labute approximate surface area is 87.1 Å². The van der Waals surface area contributed by atoms with Crippen molar-refractivity contribution in [3.8, 4) is 0 Å². The van der Waals surface area contributed by atoms with Crippen molar-refractivity contribution in [3.05, 3.63) is 17.5 Å². The Morgan fingerprint density at radius 1 is 1.38 bits per heavy atom. The quantitative estimate of drug-likeness (QED) is 0.559. The molecular formula is C9H11ClN2S. The number of halogens is 1. The zero-order valence-corrected chi connectivity index (χ0v) is 8.81. The van der Waals surface area contributed by atoms with Crippen LogP contribution in [0.3, 0.4) is 0 Å². The summed E-state index contributed by atoms with van der Waals surface area (Å²) in [6.45, 7) is 0. The summed E-state index contributed by atoms with van der Waals surface area (Å²) >= 11 is 7.52. The molecule has 1 aliphatic carbocycles. The fourth-order valence-electron chi connectivity index (χ4n) is 1.56. The molecule has 0 unspecified atom stereocenters. The molecule has 2 nitrogen and oxygen atoms in total. The van der Waals surface area contributed by atoms with Crippen molar-refractivity contribution in [2.45, 2.75) is 36.0 Å². The summed E-state index contributed by atoms with van der Waals surface area (Å²) in [7, 11) is 0. The first-order valence-corrected chi connectivity index (χ1v) is 5.75. The maximum absolute atomic E-state index is 5.69. The van der Waals surface area contributed by atoms with E-state index in [1.54, 1.807) is 6.20 Å². The predicted octanol–water partition coefficient (Wildman–Crippen LogP) is 3.16. The van der Waals surface area contributed by atoms with Crippen molar-refractivity contribution in [2.24, 2.45) is 0 Å². The lowest BCUT2D eigenvalue weighted by Crippen LogP contribution is -1.95. The second kappa shape index (κ2) is 4.29. The highest BCUT2D eigenvalue weighted by Gasteiger charge is 2.16. The van der Waals surface area contributed by atoms with Gasteiger partial charge in [0, 0.05) is 11.4 Å². The first kappa shape index (κ1) is 9.28. The number of nitrogens with zero attached hydrogens (tertiary/aromatic N) is 2. The molecule has 0 radical (unpaired) electrons. The van der Waals surface area contributed by atoms with Crippen LogP contribution in [0.5, 0.6) is 0 Å². The van der Waals surface area contributed by atoms with Gasteiger partial charge in [0.15, 0.2) is 0 Å². The number of hydrogen-bond acceptors (Lipinski definition) is 3. The highest BCUT2D eigenvalue weighted by molar-refractivity contribution is 7.99. The second-order valence-corrected chi connectivity index (χ2v) is 4.85. The molecule has 1 fully saturated rings. The van der Waals surface area contributed by atoms with Gasteiger partial charge in [-0.15, -0.1) is 11.8 Å². The maximum Gasteiger partial charge on any atom is 0.223 e. The molecule has 0 bridgehead atoms. The summed E-state index contributed by atoms with van der Waals surface area (Å²) in [6.07, 6.45) is 7.05. The Morgan fingerprint density at radius 3 is 2.85 bits per heavy atom. The van der Waals surface area contributed by atoms with Gasteiger partial charge in [-0.3, -0.25) is 0 Å². The summed E-state index contributed by atoms with van der Waals surface area (Å²) in [5, 5.41) is 2.10. The molecule has 0 spiro atoms. The third kappa shape index (κ3) is 2.58. The van der Waals surface area contributed by atoms with Crippen LogP contribution in [0.4, 0.5) is 0 Å². The molecule has 0 atom stereocenters. The monoisotopic (exact) mass is 214 g/mol. The van der Waals surface area contributed by atoms with Crippen molar-refractivity contribution in [1.29, 1.82) is 0 Å². The zero-order chi connectivity index (χ0) is 9.10. The molecule has 1 aromatic heterocycles. The number of hydrogen-bond donors (Lipinski definition) is 0. The van der Waals surface area contributed by atoms with Crippen LogP contribution in [0, 0.1) is 0 Å². The molecule has 0 amide bonds. The highest BCUT2D eigenvalue weighted by atomic mass is 35.5. The third-order valence-corrected chi connectivity index (χ3v) is 3.65. The fourth-order valence-corrected chi connectivity index (χ4v) is 2.95. The summed E-state index contributed by atoms with van der Waals surface area (Å²) in [6, 6.07) is 1.93. The van der Waals surface area contributed by atoms with Crippen LogP contribution in [0.25, 0.3) is 0 Å². The minimum atomic E-state index is 0.350. The molecule has 1 aliphatic rings. The van der Waals surface area contributed by atoms with Crippen LogP contribution < -0.4 is 0 Å². The lowest BCUT2D eigenvalue weighted by molar-refractivity contribution is 0.886. The summed E-state index contributed by atoms with van der Waals surface area (Å²) in [4.78, 5) is 8.01. The SMILES string of the molecule is Clc1nccc(SC2CCCC2)n1. The summed E-state index contributed by atoms with van der Waals surface area (Å²) in [5.74, 6) is 0. The first-order chi connectivity index (χ1) is 6.34. The second-order valence-electron chi connectivity index (χ2n) is 3.19. The van der Waals surface area contributed by atoms with Gasteiger partial charge in [0.25, 0.3) is 0 Å². The molecule has 1 saturated carbocycles. The van der Waals surface area contributed by atoms with E-state index in [-0.39, 0.29) is 0 Å². The van der Waals surface area contributed by atoms with E-state index in [1.165, 1.54) is 25.7 Å². The average Bonchev–Trinajstić information content (AvgIpc) is 2.57. The predicted molar refractivity (Wildman–Crippen MR) is 55.2 cm³/mol. The van der Waals surface area contributed by atoms with E-state index in [0.29, 0.717) is 5.28 Å². The van der Waals surface area contributed by atoms with Gasteiger partial charge in [-0.2, -0.15) is 0 Å². The minimum Gasteiger partial charge on any atom is -0.226 e. The molecule has 1 aromatic rings. The van der Waals surface area contributed by atoms with Crippen LogP contribution >= 0.6 is 23.4 Å². The molecular weight excluding hydrogens is 204 g/mol. The lowest BCUT2D eigenvalue weighted by Gasteiger charge is -2.06. The first-order valence-electron chi connectivity index (χ1n) is 4.50. The molecule has 4 heteroatoms. The topological polar surface area (TPSA) is 25.8 Å². The molecule has 70 valence electrons. The van der Waals surface area contributed by atoms with Crippen molar-refractivity contribution in [1.82, 2.24) is 9.97 Å². The van der Waals surface area contributed by atoms with Crippen LogP contribution in [0.2, 0.25) is 5.28 Å². The maximum atomic E-state index is 5.69. The Kier molecular flexibility index (Phi) is 3.06. The van der Waals surface area contributed by atoms with Crippen molar-refractivity contribution >= 4 is 23.4 Å². The van der Waals surface area contributed by atoms with E-state index in [0.717, 1.165) is 10.3 Å². The van der Waals surface area contributed by atoms with Gasteiger partial charge >= 0.3 is 0 Å². The Bertz CT molecular complexity index is 287. The van der Waals surface area contributed by atoms with Crippen molar-refractivity contribution < 1.29 is 0 Å². The van der Waals surface area contributed by atoms with Gasteiger partial charge in [-0.1, -0.05) is 12.8 Å². The number of aromatic nitrogens is 2. The number of rotatable bonds is 2. The van der Waals surface area contributed by atoms with E-state index in [4.69, 9.17) is 11.6 Å². The molecule has 13 heavy (non-hydrogen) atoms. The van der Waals surface area contributed by atoms with E-state index < -0.39 is 0 Å². The molecule has 0 aliphatic heterocycles. The molecule has 2 rings (SSSR count). The van der Waals surface area contributed by atoms with Gasteiger partial charge in [0.05, 0.1) is 0 Å². The summed E-state index contributed by atoms with van der Waals surface area (Å²) < 4.78 is 0. The van der Waals surface area contributed by atoms with Crippen LogP contribution in [0.15, 0.2) is 17.3 Å². The molecule has 0 N–H and O–H groups in total. The van der Waals surface area contributed by atoms with E-state index in [9.17, 15) is 0 Å². The van der Waals surface area contributed by atoms with E-state index in [2.05, 4.69) is 9.97 Å². The molecule has 0 aromatic carbocycles. The minimum absolute atomic E-state index is 0.350. The third-order valence-electron chi connectivity index (χ3n) is 2.19. The Balaban J connectivity index is 2.00. The van der Waals surface area contributed by atoms with Crippen LogP contribution in [0.1, 0.15) is 25.7 Å².